The van der Waals surface area contributed by atoms with Gasteiger partial charge in [-0.05, 0) is 18.8 Å². The van der Waals surface area contributed by atoms with Crippen molar-refractivity contribution in [3.63, 3.8) is 0 Å². The highest BCUT2D eigenvalue weighted by Crippen LogP contribution is 2.24. The van der Waals surface area contributed by atoms with E-state index in [1.165, 1.54) is 0 Å². The van der Waals surface area contributed by atoms with Crippen LogP contribution in [-0.2, 0) is 4.74 Å². The summed E-state index contributed by atoms with van der Waals surface area (Å²) in [5, 5.41) is 26.9. The predicted octanol–water partition coefficient (Wildman–Crippen LogP) is -0.625. The van der Waals surface area contributed by atoms with E-state index in [9.17, 15) is 0 Å². The number of hydrogen-bond acceptors (Lipinski definition) is 4. The molecule has 1 saturated heterocycles. The van der Waals surface area contributed by atoms with Crippen LogP contribution in [0.25, 0.3) is 0 Å². The maximum Gasteiger partial charge on any atom is 0.0600 e. The van der Waals surface area contributed by atoms with Gasteiger partial charge in [0.15, 0.2) is 0 Å². The first-order valence-corrected chi connectivity index (χ1v) is 4.76. The van der Waals surface area contributed by atoms with Gasteiger partial charge in [0, 0.05) is 32.3 Å². The first kappa shape index (κ1) is 10.9. The van der Waals surface area contributed by atoms with E-state index in [1.54, 1.807) is 0 Å². The molecule has 1 heterocycles. The van der Waals surface area contributed by atoms with Crippen LogP contribution in [0.2, 0.25) is 0 Å². The molecular weight excluding hydrogens is 172 g/mol. The van der Waals surface area contributed by atoms with Gasteiger partial charge in [-0.3, -0.25) is 0 Å². The Bertz CT molecular complexity index is 132. The van der Waals surface area contributed by atoms with E-state index in [1.807, 2.05) is 0 Å². The minimum atomic E-state index is -0.214. The van der Waals surface area contributed by atoms with Crippen molar-refractivity contribution in [3.05, 3.63) is 0 Å². The molecule has 0 saturated carbocycles. The molecule has 1 aliphatic rings. The van der Waals surface area contributed by atoms with Crippen molar-refractivity contribution in [3.8, 4) is 0 Å². The molecule has 0 aliphatic carbocycles. The van der Waals surface area contributed by atoms with E-state index in [0.29, 0.717) is 0 Å². The average Bonchev–Trinajstić information content (AvgIpc) is 2.09. The monoisotopic (exact) mass is 190 g/mol. The molecule has 1 aliphatic heterocycles. The first-order chi connectivity index (χ1) is 6.31. The summed E-state index contributed by atoms with van der Waals surface area (Å²) in [7, 11) is 0. The minimum Gasteiger partial charge on any atom is -0.396 e. The van der Waals surface area contributed by atoms with Gasteiger partial charge in [0.05, 0.1) is 6.10 Å². The second-order valence-electron chi connectivity index (χ2n) is 3.59. The SMILES string of the molecule is OCC(CO)C(CO)CC1CCO1. The molecule has 1 rings (SSSR count). The Kier molecular flexibility index (Phi) is 4.66. The fourth-order valence-corrected chi connectivity index (χ4v) is 1.58. The third-order valence-electron chi connectivity index (χ3n) is 2.73. The van der Waals surface area contributed by atoms with Gasteiger partial charge in [-0.15, -0.1) is 0 Å². The second-order valence-corrected chi connectivity index (χ2v) is 3.59. The third-order valence-corrected chi connectivity index (χ3v) is 2.73. The molecule has 4 heteroatoms. The molecular formula is C9H18O4. The van der Waals surface area contributed by atoms with E-state index in [-0.39, 0.29) is 37.8 Å². The average molecular weight is 190 g/mol. The van der Waals surface area contributed by atoms with Crippen LogP contribution >= 0.6 is 0 Å². The van der Waals surface area contributed by atoms with Crippen LogP contribution < -0.4 is 0 Å². The zero-order chi connectivity index (χ0) is 9.68. The van der Waals surface area contributed by atoms with Crippen molar-refractivity contribution >= 4 is 0 Å². The third kappa shape index (κ3) is 2.91. The van der Waals surface area contributed by atoms with Crippen molar-refractivity contribution < 1.29 is 20.1 Å². The molecule has 78 valence electrons. The molecule has 0 aromatic carbocycles. The molecule has 0 spiro atoms. The van der Waals surface area contributed by atoms with Crippen LogP contribution in [0.4, 0.5) is 0 Å². The molecule has 1 fully saturated rings. The van der Waals surface area contributed by atoms with Crippen LogP contribution in [0, 0.1) is 11.8 Å². The number of ether oxygens (including phenoxy) is 1. The Morgan fingerprint density at radius 2 is 1.62 bits per heavy atom. The van der Waals surface area contributed by atoms with Crippen LogP contribution in [0.3, 0.4) is 0 Å². The summed E-state index contributed by atoms with van der Waals surface area (Å²) in [6.45, 7) is 0.653. The molecule has 0 amide bonds. The van der Waals surface area contributed by atoms with Crippen molar-refractivity contribution in [2.45, 2.75) is 18.9 Å². The van der Waals surface area contributed by atoms with Crippen LogP contribution in [0.15, 0.2) is 0 Å². The van der Waals surface area contributed by atoms with Gasteiger partial charge >= 0.3 is 0 Å². The summed E-state index contributed by atoms with van der Waals surface area (Å²) < 4.78 is 5.23. The lowest BCUT2D eigenvalue weighted by molar-refractivity contribution is -0.0760. The Balaban J connectivity index is 2.30. The second kappa shape index (κ2) is 5.54. The molecule has 0 bridgehead atoms. The van der Waals surface area contributed by atoms with Crippen LogP contribution in [0.1, 0.15) is 12.8 Å². The molecule has 0 aromatic heterocycles. The quantitative estimate of drug-likeness (QED) is 0.522. The fraction of sp³-hybridized carbons (Fsp3) is 1.00. The number of aliphatic hydroxyl groups is 3. The van der Waals surface area contributed by atoms with Gasteiger partial charge in [-0.25, -0.2) is 0 Å². The van der Waals surface area contributed by atoms with Crippen molar-refractivity contribution in [2.75, 3.05) is 26.4 Å². The van der Waals surface area contributed by atoms with E-state index < -0.39 is 0 Å². The lowest BCUT2D eigenvalue weighted by Gasteiger charge is -2.32. The van der Waals surface area contributed by atoms with Crippen LogP contribution in [-0.4, -0.2) is 47.9 Å². The Labute approximate surface area is 78.1 Å². The van der Waals surface area contributed by atoms with E-state index in [2.05, 4.69) is 0 Å². The van der Waals surface area contributed by atoms with Crippen molar-refractivity contribution in [2.24, 2.45) is 11.8 Å². The summed E-state index contributed by atoms with van der Waals surface area (Å²) in [4.78, 5) is 0. The number of rotatable bonds is 6. The maximum atomic E-state index is 9.05. The van der Waals surface area contributed by atoms with Gasteiger partial charge in [0.25, 0.3) is 0 Å². The highest BCUT2D eigenvalue weighted by Gasteiger charge is 2.27. The smallest absolute Gasteiger partial charge is 0.0600 e. The predicted molar refractivity (Wildman–Crippen MR) is 47.2 cm³/mol. The van der Waals surface area contributed by atoms with Crippen molar-refractivity contribution in [1.29, 1.82) is 0 Å². The summed E-state index contributed by atoms with van der Waals surface area (Å²) in [6.07, 6.45) is 1.99. The Morgan fingerprint density at radius 3 is 1.92 bits per heavy atom. The lowest BCUT2D eigenvalue weighted by atomic mass is 9.87. The fourth-order valence-electron chi connectivity index (χ4n) is 1.58. The summed E-state index contributed by atoms with van der Waals surface area (Å²) in [6, 6.07) is 0. The minimum absolute atomic E-state index is 0.00560. The van der Waals surface area contributed by atoms with E-state index in [4.69, 9.17) is 20.1 Å². The molecule has 0 aromatic rings. The summed E-state index contributed by atoms with van der Waals surface area (Å²) >= 11 is 0. The summed E-state index contributed by atoms with van der Waals surface area (Å²) in [5.74, 6) is -0.255. The summed E-state index contributed by atoms with van der Waals surface area (Å²) in [5.41, 5.74) is 0. The Morgan fingerprint density at radius 1 is 1.08 bits per heavy atom. The largest absolute Gasteiger partial charge is 0.396 e. The standard InChI is InChI=1S/C9H18O4/c10-4-7(8(5-11)6-12)3-9-1-2-13-9/h7-12H,1-6H2. The van der Waals surface area contributed by atoms with Gasteiger partial charge in [-0.1, -0.05) is 0 Å². The lowest BCUT2D eigenvalue weighted by Crippen LogP contribution is -2.34. The van der Waals surface area contributed by atoms with E-state index in [0.717, 1.165) is 19.4 Å². The van der Waals surface area contributed by atoms with Gasteiger partial charge < -0.3 is 20.1 Å². The molecule has 2 atom stereocenters. The molecule has 0 radical (unpaired) electrons. The van der Waals surface area contributed by atoms with Crippen LogP contribution in [0.5, 0.6) is 0 Å². The first-order valence-electron chi connectivity index (χ1n) is 4.76. The number of hydrogen-bond donors (Lipinski definition) is 3. The molecule has 13 heavy (non-hydrogen) atoms. The molecule has 2 unspecified atom stereocenters. The number of aliphatic hydroxyl groups excluding tert-OH is 3. The molecule has 3 N–H and O–H groups in total. The topological polar surface area (TPSA) is 69.9 Å². The van der Waals surface area contributed by atoms with Gasteiger partial charge in [-0.2, -0.15) is 0 Å². The Hall–Kier alpha value is -0.160. The molecule has 4 nitrogen and oxygen atoms in total. The highest BCUT2D eigenvalue weighted by molar-refractivity contribution is 4.76. The normalized spacial score (nSPS) is 24.5. The van der Waals surface area contributed by atoms with Crippen molar-refractivity contribution in [1.82, 2.24) is 0 Å². The highest BCUT2D eigenvalue weighted by atomic mass is 16.5. The maximum absolute atomic E-state index is 9.05. The zero-order valence-corrected chi connectivity index (χ0v) is 7.72. The zero-order valence-electron chi connectivity index (χ0n) is 7.72. The van der Waals surface area contributed by atoms with Gasteiger partial charge in [0.2, 0.25) is 0 Å². The van der Waals surface area contributed by atoms with E-state index >= 15 is 0 Å². The van der Waals surface area contributed by atoms with Gasteiger partial charge in [0.1, 0.15) is 0 Å².